The maximum absolute atomic E-state index is 11.1. The molecule has 0 saturated heterocycles. The highest BCUT2D eigenvalue weighted by molar-refractivity contribution is 6.82. The Bertz CT molecular complexity index is 268. The van der Waals surface area contributed by atoms with E-state index in [9.17, 15) is 9.59 Å². The molecule has 1 N–H and O–H groups in total. The first kappa shape index (κ1) is 9.77. The van der Waals surface area contributed by atoms with Crippen molar-refractivity contribution in [3.8, 4) is 0 Å². The van der Waals surface area contributed by atoms with Gasteiger partial charge in [0.2, 0.25) is 11.7 Å². The van der Waals surface area contributed by atoms with Gasteiger partial charge >= 0.3 is 0 Å². The summed E-state index contributed by atoms with van der Waals surface area (Å²) < 4.78 is -2.04. The summed E-state index contributed by atoms with van der Waals surface area (Å²) in [5, 5.41) is 3.40. The predicted molar refractivity (Wildman–Crippen MR) is 45.5 cm³/mol. The molecule has 1 amide bonds. The van der Waals surface area contributed by atoms with E-state index in [2.05, 4.69) is 10.5 Å². The fourth-order valence-electron chi connectivity index (χ4n) is 0.656. The topological polar surface area (TPSA) is 58.5 Å². The molecule has 0 unspecified atom stereocenters. The average Bonchev–Trinajstić information content (AvgIpc) is 2.32. The largest absolute Gasteiger partial charge is 0.288 e. The summed E-state index contributed by atoms with van der Waals surface area (Å²) in [5.74, 6) is -1.15. The van der Waals surface area contributed by atoms with Gasteiger partial charge in [0.1, 0.15) is 5.71 Å². The number of halogens is 3. The van der Waals surface area contributed by atoms with Crippen LogP contribution in [-0.2, 0) is 9.59 Å². The van der Waals surface area contributed by atoms with E-state index < -0.39 is 9.58 Å². The Kier molecular flexibility index (Phi) is 2.61. The van der Waals surface area contributed by atoms with Crippen LogP contribution in [0.15, 0.2) is 5.10 Å². The van der Waals surface area contributed by atoms with Crippen LogP contribution in [0.2, 0.25) is 0 Å². The average molecular weight is 229 g/mol. The van der Waals surface area contributed by atoms with E-state index in [0.717, 1.165) is 0 Å². The molecule has 0 aromatic carbocycles. The summed E-state index contributed by atoms with van der Waals surface area (Å²) >= 11 is 15.8. The lowest BCUT2D eigenvalue weighted by Crippen LogP contribution is -2.27. The summed E-state index contributed by atoms with van der Waals surface area (Å²) in [4.78, 5) is 21.7. The van der Waals surface area contributed by atoms with Crippen LogP contribution in [0.5, 0.6) is 0 Å². The Hall–Kier alpha value is -0.320. The molecule has 0 spiro atoms. The Morgan fingerprint density at radius 2 is 2.08 bits per heavy atom. The molecule has 12 heavy (non-hydrogen) atoms. The Morgan fingerprint density at radius 3 is 2.42 bits per heavy atom. The van der Waals surface area contributed by atoms with Gasteiger partial charge in [-0.1, -0.05) is 34.8 Å². The van der Waals surface area contributed by atoms with Gasteiger partial charge in [0.05, 0.1) is 6.42 Å². The highest BCUT2D eigenvalue weighted by atomic mass is 35.6. The van der Waals surface area contributed by atoms with Crippen molar-refractivity contribution >= 4 is 52.2 Å². The highest BCUT2D eigenvalue weighted by Gasteiger charge is 2.36. The highest BCUT2D eigenvalue weighted by Crippen LogP contribution is 2.28. The monoisotopic (exact) mass is 228 g/mol. The molecular weight excluding hydrogens is 226 g/mol. The molecule has 7 heteroatoms. The van der Waals surface area contributed by atoms with E-state index in [1.807, 2.05) is 0 Å². The minimum atomic E-state index is -2.04. The van der Waals surface area contributed by atoms with Crippen molar-refractivity contribution < 1.29 is 9.59 Å². The van der Waals surface area contributed by atoms with Crippen molar-refractivity contribution in [1.82, 2.24) is 5.43 Å². The lowest BCUT2D eigenvalue weighted by atomic mass is 10.2. The molecule has 1 aliphatic rings. The first-order valence-corrected chi connectivity index (χ1v) is 4.01. The van der Waals surface area contributed by atoms with E-state index in [1.54, 1.807) is 0 Å². The molecule has 0 radical (unpaired) electrons. The summed E-state index contributed by atoms with van der Waals surface area (Å²) in [7, 11) is 0. The molecule has 1 heterocycles. The normalized spacial score (nSPS) is 17.2. The van der Waals surface area contributed by atoms with Gasteiger partial charge in [-0.3, -0.25) is 9.59 Å². The molecule has 0 fully saturated rings. The maximum atomic E-state index is 11.1. The van der Waals surface area contributed by atoms with Crippen LogP contribution in [0.3, 0.4) is 0 Å². The number of hydrogen-bond acceptors (Lipinski definition) is 3. The number of rotatable bonds is 1. The van der Waals surface area contributed by atoms with Crippen molar-refractivity contribution in [1.29, 1.82) is 0 Å². The Balaban J connectivity index is 2.74. The fourth-order valence-corrected chi connectivity index (χ4v) is 0.983. The van der Waals surface area contributed by atoms with Crippen LogP contribution in [-0.4, -0.2) is 21.2 Å². The number of nitrogens with zero attached hydrogens (tertiary/aromatic N) is 1. The van der Waals surface area contributed by atoms with E-state index in [0.29, 0.717) is 0 Å². The van der Waals surface area contributed by atoms with Crippen LogP contribution in [0.25, 0.3) is 0 Å². The molecule has 0 atom stereocenters. The first-order valence-electron chi connectivity index (χ1n) is 2.88. The molecule has 0 saturated carbocycles. The molecule has 66 valence electrons. The van der Waals surface area contributed by atoms with Gasteiger partial charge in [0.15, 0.2) is 0 Å². The van der Waals surface area contributed by atoms with Gasteiger partial charge in [-0.15, -0.1) is 0 Å². The number of hydrazone groups is 1. The predicted octanol–water partition coefficient (Wildman–Crippen LogP) is 0.802. The first-order chi connectivity index (χ1) is 5.41. The van der Waals surface area contributed by atoms with E-state index in [1.165, 1.54) is 0 Å². The van der Waals surface area contributed by atoms with Crippen LogP contribution in [0.1, 0.15) is 6.42 Å². The van der Waals surface area contributed by atoms with Crippen molar-refractivity contribution in [3.05, 3.63) is 0 Å². The van der Waals surface area contributed by atoms with Crippen LogP contribution < -0.4 is 5.43 Å². The second-order valence-corrected chi connectivity index (χ2v) is 4.38. The van der Waals surface area contributed by atoms with Crippen LogP contribution in [0.4, 0.5) is 0 Å². The molecule has 1 rings (SSSR count). The van der Waals surface area contributed by atoms with Gasteiger partial charge in [-0.2, -0.15) is 5.10 Å². The van der Waals surface area contributed by atoms with Crippen molar-refractivity contribution in [2.24, 2.45) is 5.10 Å². The lowest BCUT2D eigenvalue weighted by molar-refractivity contribution is -0.119. The molecule has 0 aromatic heterocycles. The minimum Gasteiger partial charge on any atom is -0.288 e. The zero-order valence-corrected chi connectivity index (χ0v) is 7.87. The van der Waals surface area contributed by atoms with Gasteiger partial charge < -0.3 is 0 Å². The van der Waals surface area contributed by atoms with E-state index in [4.69, 9.17) is 34.8 Å². The van der Waals surface area contributed by atoms with Gasteiger partial charge in [-0.25, -0.2) is 5.43 Å². The SMILES string of the molecule is O=C1CC(C(=O)C(Cl)(Cl)Cl)=NN1. The second kappa shape index (κ2) is 3.20. The smallest absolute Gasteiger partial charge is 0.254 e. The number of carbonyl (C=O) groups is 2. The summed E-state index contributed by atoms with van der Waals surface area (Å²) in [6.07, 6.45) is -0.132. The molecule has 1 aliphatic heterocycles. The second-order valence-electron chi connectivity index (χ2n) is 2.10. The lowest BCUT2D eigenvalue weighted by Gasteiger charge is -2.06. The third kappa shape index (κ3) is 2.09. The van der Waals surface area contributed by atoms with Crippen molar-refractivity contribution in [2.75, 3.05) is 0 Å². The number of carbonyl (C=O) groups excluding carboxylic acids is 2. The number of Topliss-reactive ketones (excluding diaryl/α,β-unsaturated/α-hetero) is 1. The third-order valence-electron chi connectivity index (χ3n) is 1.16. The molecule has 0 aliphatic carbocycles. The number of amides is 1. The molecular formula is C5H3Cl3N2O2. The molecule has 0 bridgehead atoms. The number of ketones is 1. The number of hydrogen-bond donors (Lipinski definition) is 1. The number of nitrogens with one attached hydrogen (secondary N) is 1. The van der Waals surface area contributed by atoms with E-state index in [-0.39, 0.29) is 18.0 Å². The fraction of sp³-hybridized carbons (Fsp3) is 0.400. The van der Waals surface area contributed by atoms with Crippen LogP contribution in [0, 0.1) is 0 Å². The van der Waals surface area contributed by atoms with Crippen molar-refractivity contribution in [2.45, 2.75) is 10.2 Å². The zero-order valence-electron chi connectivity index (χ0n) is 5.60. The summed E-state index contributed by atoms with van der Waals surface area (Å²) in [5.41, 5.74) is 2.02. The summed E-state index contributed by atoms with van der Waals surface area (Å²) in [6.45, 7) is 0. The summed E-state index contributed by atoms with van der Waals surface area (Å²) in [6, 6.07) is 0. The van der Waals surface area contributed by atoms with Gasteiger partial charge in [0.25, 0.3) is 3.79 Å². The number of alkyl halides is 3. The zero-order chi connectivity index (χ0) is 9.35. The van der Waals surface area contributed by atoms with Crippen molar-refractivity contribution in [3.63, 3.8) is 0 Å². The quantitative estimate of drug-likeness (QED) is 0.676. The third-order valence-corrected chi connectivity index (χ3v) is 1.68. The Morgan fingerprint density at radius 1 is 1.50 bits per heavy atom. The Labute approximate surface area is 82.8 Å². The van der Waals surface area contributed by atoms with E-state index >= 15 is 0 Å². The molecule has 4 nitrogen and oxygen atoms in total. The van der Waals surface area contributed by atoms with Gasteiger partial charge in [-0.05, 0) is 0 Å². The van der Waals surface area contributed by atoms with Crippen LogP contribution >= 0.6 is 34.8 Å². The molecule has 0 aromatic rings. The maximum Gasteiger partial charge on any atom is 0.254 e. The standard InChI is InChI=1S/C5H3Cl3N2O2/c6-5(7,8)4(12)2-1-3(11)10-9-2/h1H2,(H,10,11). The minimum absolute atomic E-state index is 0.0556. The van der Waals surface area contributed by atoms with Gasteiger partial charge in [0, 0.05) is 0 Å².